The predicted octanol–water partition coefficient (Wildman–Crippen LogP) is 1.29. The minimum atomic E-state index is -0.304. The maximum absolute atomic E-state index is 12.8. The number of rotatable bonds is 5. The molecule has 0 unspecified atom stereocenters. The second-order valence-electron chi connectivity index (χ2n) is 5.28. The molecule has 0 aliphatic rings. The average molecular weight is 326 g/mol. The Balaban J connectivity index is 1.60. The summed E-state index contributed by atoms with van der Waals surface area (Å²) in [5.74, 6) is -0.579. The van der Waals surface area contributed by atoms with Crippen molar-refractivity contribution in [2.75, 3.05) is 6.54 Å². The smallest absolute Gasteiger partial charge is 0.263 e. The van der Waals surface area contributed by atoms with Crippen LogP contribution in [0.5, 0.6) is 0 Å². The average Bonchev–Trinajstić information content (AvgIpc) is 2.59. The van der Waals surface area contributed by atoms with E-state index >= 15 is 0 Å². The highest BCUT2D eigenvalue weighted by Gasteiger charge is 2.08. The largest absolute Gasteiger partial charge is 0.354 e. The van der Waals surface area contributed by atoms with Crippen LogP contribution in [-0.2, 0) is 17.8 Å². The van der Waals surface area contributed by atoms with E-state index in [2.05, 4.69) is 15.3 Å². The maximum atomic E-state index is 12.8. The zero-order chi connectivity index (χ0) is 16.9. The van der Waals surface area contributed by atoms with Gasteiger partial charge < -0.3 is 5.32 Å². The number of nitrogens with one attached hydrogen (secondary N) is 1. The van der Waals surface area contributed by atoms with Gasteiger partial charge in [0.15, 0.2) is 5.65 Å². The first kappa shape index (κ1) is 15.8. The first-order valence-corrected chi connectivity index (χ1v) is 7.45. The highest BCUT2D eigenvalue weighted by atomic mass is 19.1. The number of fused-ring (bicyclic) bond motifs is 1. The molecule has 0 aliphatic carbocycles. The van der Waals surface area contributed by atoms with Gasteiger partial charge in [-0.2, -0.15) is 0 Å². The van der Waals surface area contributed by atoms with Crippen LogP contribution in [0.25, 0.3) is 11.0 Å². The Labute approximate surface area is 137 Å². The Hall–Kier alpha value is -3.09. The van der Waals surface area contributed by atoms with Gasteiger partial charge in [-0.25, -0.2) is 14.4 Å². The van der Waals surface area contributed by atoms with Gasteiger partial charge in [0.2, 0.25) is 5.91 Å². The first-order valence-electron chi connectivity index (χ1n) is 7.45. The number of benzene rings is 1. The van der Waals surface area contributed by atoms with Crippen molar-refractivity contribution in [3.8, 4) is 0 Å². The highest BCUT2D eigenvalue weighted by Crippen LogP contribution is 2.03. The molecule has 0 radical (unpaired) electrons. The predicted molar refractivity (Wildman–Crippen MR) is 86.9 cm³/mol. The molecule has 1 amide bonds. The third-order valence-electron chi connectivity index (χ3n) is 3.56. The van der Waals surface area contributed by atoms with Crippen molar-refractivity contribution in [1.82, 2.24) is 19.9 Å². The van der Waals surface area contributed by atoms with Gasteiger partial charge in [-0.05, 0) is 36.2 Å². The second-order valence-corrected chi connectivity index (χ2v) is 5.28. The lowest BCUT2D eigenvalue weighted by molar-refractivity contribution is -0.121. The summed E-state index contributed by atoms with van der Waals surface area (Å²) in [4.78, 5) is 32.3. The lowest BCUT2D eigenvalue weighted by atomic mass is 10.1. The zero-order valence-corrected chi connectivity index (χ0v) is 12.8. The number of pyridine rings is 1. The van der Waals surface area contributed by atoms with E-state index in [1.165, 1.54) is 23.0 Å². The fourth-order valence-corrected chi connectivity index (χ4v) is 2.32. The minimum absolute atomic E-state index is 0.111. The number of hydrogen-bond donors (Lipinski definition) is 1. The summed E-state index contributed by atoms with van der Waals surface area (Å²) in [6, 6.07) is 9.38. The fraction of sp³-hybridized carbons (Fsp3) is 0.176. The molecule has 7 heteroatoms. The van der Waals surface area contributed by atoms with Crippen LogP contribution in [0, 0.1) is 5.82 Å². The molecule has 0 saturated carbocycles. The fourth-order valence-electron chi connectivity index (χ4n) is 2.32. The maximum Gasteiger partial charge on any atom is 0.263 e. The van der Waals surface area contributed by atoms with E-state index < -0.39 is 0 Å². The summed E-state index contributed by atoms with van der Waals surface area (Å²) >= 11 is 0. The van der Waals surface area contributed by atoms with Crippen molar-refractivity contribution < 1.29 is 9.18 Å². The summed E-state index contributed by atoms with van der Waals surface area (Å²) in [7, 11) is 0. The van der Waals surface area contributed by atoms with Crippen LogP contribution >= 0.6 is 0 Å². The normalized spacial score (nSPS) is 10.7. The quantitative estimate of drug-likeness (QED) is 0.766. The van der Waals surface area contributed by atoms with Crippen molar-refractivity contribution in [3.05, 3.63) is 70.7 Å². The van der Waals surface area contributed by atoms with Crippen molar-refractivity contribution in [1.29, 1.82) is 0 Å². The van der Waals surface area contributed by atoms with Crippen LogP contribution in [0.15, 0.2) is 53.7 Å². The molecule has 0 bridgehead atoms. The van der Waals surface area contributed by atoms with Crippen LogP contribution in [0.3, 0.4) is 0 Å². The Morgan fingerprint density at radius 2 is 1.96 bits per heavy atom. The SMILES string of the molecule is O=C(Cn1cnc2ncccc2c1=O)NCCc1ccc(F)cc1. The minimum Gasteiger partial charge on any atom is -0.354 e. The standard InChI is InChI=1S/C17H15FN4O2/c18-13-5-3-12(4-6-13)7-9-19-15(23)10-22-11-21-16-14(17(22)24)2-1-8-20-16/h1-6,8,11H,7,9-10H2,(H,19,23). The van der Waals surface area contributed by atoms with Crippen molar-refractivity contribution in [3.63, 3.8) is 0 Å². The topological polar surface area (TPSA) is 76.9 Å². The van der Waals surface area contributed by atoms with Gasteiger partial charge in [-0.3, -0.25) is 14.2 Å². The third-order valence-corrected chi connectivity index (χ3v) is 3.56. The van der Waals surface area contributed by atoms with Crippen LogP contribution in [0.2, 0.25) is 0 Å². The Morgan fingerprint density at radius 1 is 1.17 bits per heavy atom. The van der Waals surface area contributed by atoms with E-state index in [1.807, 2.05) is 0 Å². The summed E-state index contributed by atoms with van der Waals surface area (Å²) < 4.78 is 14.1. The van der Waals surface area contributed by atoms with Crippen molar-refractivity contribution >= 4 is 16.9 Å². The van der Waals surface area contributed by atoms with Gasteiger partial charge in [0.25, 0.3) is 5.56 Å². The van der Waals surface area contributed by atoms with Gasteiger partial charge in [0, 0.05) is 12.7 Å². The number of nitrogens with zero attached hydrogens (tertiary/aromatic N) is 3. The van der Waals surface area contributed by atoms with Crippen LogP contribution in [-0.4, -0.2) is 27.0 Å². The molecule has 2 heterocycles. The molecule has 24 heavy (non-hydrogen) atoms. The number of hydrogen-bond acceptors (Lipinski definition) is 4. The highest BCUT2D eigenvalue weighted by molar-refractivity contribution is 5.77. The van der Waals surface area contributed by atoms with Crippen molar-refractivity contribution in [2.24, 2.45) is 0 Å². The van der Waals surface area contributed by atoms with E-state index in [9.17, 15) is 14.0 Å². The number of amides is 1. The van der Waals surface area contributed by atoms with Gasteiger partial charge in [-0.15, -0.1) is 0 Å². The Bertz CT molecular complexity index is 922. The van der Waals surface area contributed by atoms with Gasteiger partial charge >= 0.3 is 0 Å². The number of carbonyl (C=O) groups excluding carboxylic acids is 1. The van der Waals surface area contributed by atoms with Crippen LogP contribution in [0.4, 0.5) is 4.39 Å². The molecule has 3 aromatic rings. The molecule has 3 rings (SSSR count). The number of halogens is 1. The molecule has 0 saturated heterocycles. The van der Waals surface area contributed by atoms with E-state index in [-0.39, 0.29) is 23.8 Å². The van der Waals surface area contributed by atoms with Crippen LogP contribution < -0.4 is 10.9 Å². The summed E-state index contributed by atoms with van der Waals surface area (Å²) in [5.41, 5.74) is 0.976. The molecule has 0 aliphatic heterocycles. The van der Waals surface area contributed by atoms with E-state index in [1.54, 1.807) is 30.5 Å². The number of aromatic nitrogens is 3. The summed E-state index contributed by atoms with van der Waals surface area (Å²) in [5, 5.41) is 3.11. The molecule has 1 aromatic carbocycles. The molecule has 0 spiro atoms. The van der Waals surface area contributed by atoms with Gasteiger partial charge in [-0.1, -0.05) is 12.1 Å². The lowest BCUT2D eigenvalue weighted by Gasteiger charge is -2.08. The molecule has 1 N–H and O–H groups in total. The monoisotopic (exact) mass is 326 g/mol. The summed E-state index contributed by atoms with van der Waals surface area (Å²) in [6.45, 7) is 0.294. The first-order chi connectivity index (χ1) is 11.6. The summed E-state index contributed by atoms with van der Waals surface area (Å²) in [6.07, 6.45) is 3.46. The molecule has 122 valence electrons. The van der Waals surface area contributed by atoms with E-state index in [0.29, 0.717) is 24.0 Å². The molecule has 2 aromatic heterocycles. The molecular formula is C17H15FN4O2. The molecule has 0 fully saturated rings. The molecular weight excluding hydrogens is 311 g/mol. The Morgan fingerprint density at radius 3 is 2.75 bits per heavy atom. The Kier molecular flexibility index (Phi) is 4.60. The van der Waals surface area contributed by atoms with Gasteiger partial charge in [0.1, 0.15) is 18.7 Å². The van der Waals surface area contributed by atoms with Crippen molar-refractivity contribution in [2.45, 2.75) is 13.0 Å². The zero-order valence-electron chi connectivity index (χ0n) is 12.8. The third kappa shape index (κ3) is 3.62. The second kappa shape index (κ2) is 6.99. The molecule has 6 nitrogen and oxygen atoms in total. The van der Waals surface area contributed by atoms with E-state index in [4.69, 9.17) is 0 Å². The molecule has 0 atom stereocenters. The lowest BCUT2D eigenvalue weighted by Crippen LogP contribution is -2.33. The number of carbonyl (C=O) groups is 1. The van der Waals surface area contributed by atoms with Gasteiger partial charge in [0.05, 0.1) is 5.39 Å². The van der Waals surface area contributed by atoms with Crippen LogP contribution in [0.1, 0.15) is 5.56 Å². The van der Waals surface area contributed by atoms with E-state index in [0.717, 1.165) is 5.56 Å².